The second-order valence-corrected chi connectivity index (χ2v) is 8.30. The van der Waals surface area contributed by atoms with E-state index in [-0.39, 0.29) is 5.82 Å². The Bertz CT molecular complexity index is 496. The third-order valence-electron chi connectivity index (χ3n) is 5.82. The van der Waals surface area contributed by atoms with Gasteiger partial charge in [0.1, 0.15) is 5.82 Å². The van der Waals surface area contributed by atoms with Crippen molar-refractivity contribution in [2.45, 2.75) is 71.3 Å². The summed E-state index contributed by atoms with van der Waals surface area (Å²) in [6.07, 6.45) is 10.8. The molecule has 0 aromatic heterocycles. The second-order valence-electron chi connectivity index (χ2n) is 8.30. The number of hydrogen-bond donors (Lipinski definition) is 1. The lowest BCUT2D eigenvalue weighted by atomic mass is 9.65. The highest BCUT2D eigenvalue weighted by Crippen LogP contribution is 2.45. The number of hydrogen-bond acceptors (Lipinski definition) is 1. The van der Waals surface area contributed by atoms with Crippen molar-refractivity contribution in [3.05, 3.63) is 30.1 Å². The van der Waals surface area contributed by atoms with E-state index in [1.165, 1.54) is 57.4 Å². The summed E-state index contributed by atoms with van der Waals surface area (Å²) >= 11 is 0. The largest absolute Gasteiger partial charge is 0.382 e. The first kappa shape index (κ1) is 15.8. The maximum absolute atomic E-state index is 13.3. The Balaban J connectivity index is 1.59. The fraction of sp³-hybridized carbons (Fsp3) is 0.700. The molecule has 2 fully saturated rings. The van der Waals surface area contributed by atoms with Gasteiger partial charge in [-0.3, -0.25) is 0 Å². The van der Waals surface area contributed by atoms with Crippen molar-refractivity contribution in [2.75, 3.05) is 5.32 Å². The minimum Gasteiger partial charge on any atom is -0.382 e. The van der Waals surface area contributed by atoms with E-state index in [2.05, 4.69) is 19.2 Å². The van der Waals surface area contributed by atoms with Crippen LogP contribution >= 0.6 is 0 Å². The quantitative estimate of drug-likeness (QED) is 0.720. The summed E-state index contributed by atoms with van der Waals surface area (Å²) in [6, 6.07) is 7.43. The van der Waals surface area contributed by atoms with Gasteiger partial charge in [0, 0.05) is 11.7 Å². The smallest absolute Gasteiger partial charge is 0.125 e. The van der Waals surface area contributed by atoms with E-state index in [9.17, 15) is 4.39 Å². The normalized spacial score (nSPS) is 31.7. The molecule has 0 amide bonds. The van der Waals surface area contributed by atoms with E-state index in [0.29, 0.717) is 11.5 Å². The van der Waals surface area contributed by atoms with Gasteiger partial charge in [0.15, 0.2) is 0 Å². The summed E-state index contributed by atoms with van der Waals surface area (Å²) < 4.78 is 13.3. The Labute approximate surface area is 134 Å². The predicted octanol–water partition coefficient (Wildman–Crippen LogP) is 6.01. The van der Waals surface area contributed by atoms with Gasteiger partial charge in [0.2, 0.25) is 0 Å². The van der Waals surface area contributed by atoms with Crippen LogP contribution < -0.4 is 5.32 Å². The molecule has 2 aliphatic rings. The molecule has 0 bridgehead atoms. The summed E-state index contributed by atoms with van der Waals surface area (Å²) in [5, 5.41) is 3.57. The maximum atomic E-state index is 13.3. The van der Waals surface area contributed by atoms with Crippen LogP contribution in [0.15, 0.2) is 24.3 Å². The van der Waals surface area contributed by atoms with E-state index < -0.39 is 0 Å². The summed E-state index contributed by atoms with van der Waals surface area (Å²) in [4.78, 5) is 0. The van der Waals surface area contributed by atoms with Crippen LogP contribution in [0.2, 0.25) is 0 Å². The fourth-order valence-corrected chi connectivity index (χ4v) is 4.76. The third-order valence-corrected chi connectivity index (χ3v) is 5.82. The van der Waals surface area contributed by atoms with E-state index in [4.69, 9.17) is 0 Å². The summed E-state index contributed by atoms with van der Waals surface area (Å²) in [5.74, 6) is 1.62. The standard InChI is InChI=1S/C20H30FN/c1-20(2)11-5-7-16(14-20)15-6-3-9-18(12-15)22-19-10-4-8-17(21)13-19/h4,8,10,13,15-16,18,22H,3,5-7,9,11-12,14H2,1-2H3. The topological polar surface area (TPSA) is 12.0 Å². The lowest BCUT2D eigenvalue weighted by Gasteiger charge is -2.42. The highest BCUT2D eigenvalue weighted by Gasteiger charge is 2.35. The molecule has 0 heterocycles. The molecule has 2 aliphatic carbocycles. The Morgan fingerprint density at radius 1 is 1.09 bits per heavy atom. The highest BCUT2D eigenvalue weighted by atomic mass is 19.1. The van der Waals surface area contributed by atoms with Crippen molar-refractivity contribution in [3.63, 3.8) is 0 Å². The molecular formula is C20H30FN. The van der Waals surface area contributed by atoms with Gasteiger partial charge >= 0.3 is 0 Å². The molecule has 3 atom stereocenters. The van der Waals surface area contributed by atoms with Gasteiger partial charge in [-0.1, -0.05) is 45.6 Å². The van der Waals surface area contributed by atoms with Gasteiger partial charge in [0.05, 0.1) is 0 Å². The minimum absolute atomic E-state index is 0.147. The molecule has 1 nitrogen and oxygen atoms in total. The first-order valence-electron chi connectivity index (χ1n) is 9.04. The summed E-state index contributed by atoms with van der Waals surface area (Å²) in [6.45, 7) is 4.87. The van der Waals surface area contributed by atoms with Crippen LogP contribution in [-0.4, -0.2) is 6.04 Å². The van der Waals surface area contributed by atoms with Crippen LogP contribution in [0.25, 0.3) is 0 Å². The van der Waals surface area contributed by atoms with E-state index in [1.54, 1.807) is 12.1 Å². The van der Waals surface area contributed by atoms with E-state index in [0.717, 1.165) is 17.5 Å². The van der Waals surface area contributed by atoms with Crippen molar-refractivity contribution >= 4 is 5.69 Å². The first-order chi connectivity index (χ1) is 10.5. The van der Waals surface area contributed by atoms with Crippen molar-refractivity contribution < 1.29 is 4.39 Å². The highest BCUT2D eigenvalue weighted by molar-refractivity contribution is 5.44. The van der Waals surface area contributed by atoms with Gasteiger partial charge in [-0.15, -0.1) is 0 Å². The molecule has 0 aliphatic heterocycles. The zero-order valence-electron chi connectivity index (χ0n) is 14.1. The molecule has 3 unspecified atom stereocenters. The molecular weight excluding hydrogens is 273 g/mol. The molecule has 122 valence electrons. The Kier molecular flexibility index (Phi) is 4.75. The van der Waals surface area contributed by atoms with Crippen molar-refractivity contribution in [2.24, 2.45) is 17.3 Å². The van der Waals surface area contributed by atoms with Crippen molar-refractivity contribution in [1.82, 2.24) is 0 Å². The SMILES string of the molecule is CC1(C)CCCC(C2CCCC(Nc3cccc(F)c3)C2)C1. The number of benzene rings is 1. The average molecular weight is 303 g/mol. The predicted molar refractivity (Wildman–Crippen MR) is 91.5 cm³/mol. The van der Waals surface area contributed by atoms with Crippen LogP contribution in [0.1, 0.15) is 65.2 Å². The zero-order chi connectivity index (χ0) is 15.6. The molecule has 1 N–H and O–H groups in total. The zero-order valence-corrected chi connectivity index (χ0v) is 14.1. The number of nitrogens with one attached hydrogen (secondary N) is 1. The Hall–Kier alpha value is -1.05. The van der Waals surface area contributed by atoms with Gasteiger partial charge in [-0.2, -0.15) is 0 Å². The van der Waals surface area contributed by atoms with Crippen LogP contribution in [-0.2, 0) is 0 Å². The summed E-state index contributed by atoms with van der Waals surface area (Å²) in [5.41, 5.74) is 1.47. The second kappa shape index (κ2) is 6.60. The fourth-order valence-electron chi connectivity index (χ4n) is 4.76. The molecule has 0 spiro atoms. The number of rotatable bonds is 3. The molecule has 1 aromatic rings. The lowest BCUT2D eigenvalue weighted by molar-refractivity contribution is 0.110. The first-order valence-corrected chi connectivity index (χ1v) is 9.04. The van der Waals surface area contributed by atoms with Crippen LogP contribution in [0.3, 0.4) is 0 Å². The number of anilines is 1. The molecule has 3 rings (SSSR count). The average Bonchev–Trinajstić information content (AvgIpc) is 2.46. The maximum Gasteiger partial charge on any atom is 0.125 e. The monoisotopic (exact) mass is 303 g/mol. The van der Waals surface area contributed by atoms with Crippen LogP contribution in [0.4, 0.5) is 10.1 Å². The van der Waals surface area contributed by atoms with Crippen LogP contribution in [0, 0.1) is 23.1 Å². The van der Waals surface area contributed by atoms with E-state index >= 15 is 0 Å². The van der Waals surface area contributed by atoms with Crippen molar-refractivity contribution in [3.8, 4) is 0 Å². The molecule has 0 radical (unpaired) electrons. The van der Waals surface area contributed by atoms with Gasteiger partial charge in [0.25, 0.3) is 0 Å². The lowest BCUT2D eigenvalue weighted by Crippen LogP contribution is -2.34. The Morgan fingerprint density at radius 3 is 2.68 bits per heavy atom. The van der Waals surface area contributed by atoms with E-state index in [1.807, 2.05) is 6.07 Å². The van der Waals surface area contributed by atoms with Gasteiger partial charge < -0.3 is 5.32 Å². The molecule has 1 aromatic carbocycles. The molecule has 2 heteroatoms. The molecule has 22 heavy (non-hydrogen) atoms. The van der Waals surface area contributed by atoms with Crippen molar-refractivity contribution in [1.29, 1.82) is 0 Å². The van der Waals surface area contributed by atoms with Crippen LogP contribution in [0.5, 0.6) is 0 Å². The summed E-state index contributed by atoms with van der Waals surface area (Å²) in [7, 11) is 0. The third kappa shape index (κ3) is 4.02. The number of halogens is 1. The van der Waals surface area contributed by atoms with Gasteiger partial charge in [-0.05, 0) is 61.1 Å². The minimum atomic E-state index is -0.147. The Morgan fingerprint density at radius 2 is 1.91 bits per heavy atom. The van der Waals surface area contributed by atoms with Gasteiger partial charge in [-0.25, -0.2) is 4.39 Å². The molecule has 0 saturated heterocycles. The molecule has 2 saturated carbocycles.